The van der Waals surface area contributed by atoms with Gasteiger partial charge in [-0.3, -0.25) is 0 Å². The molecule has 2 aromatic carbocycles. The fraction of sp³-hybridized carbons (Fsp3) is 0.238. The second-order valence-corrected chi connectivity index (χ2v) is 8.88. The zero-order chi connectivity index (χ0) is 21.2. The summed E-state index contributed by atoms with van der Waals surface area (Å²) in [5.41, 5.74) is 2.14. The molecular weight excluding hydrogens is 392 g/mol. The molecule has 0 aliphatic rings. The number of aromatic nitrogens is 1. The maximum Gasteiger partial charge on any atom is 0.338 e. The zero-order valence-electron chi connectivity index (χ0n) is 16.7. The first kappa shape index (κ1) is 20.8. The Morgan fingerprint density at radius 3 is 2.45 bits per heavy atom. The van der Waals surface area contributed by atoms with Gasteiger partial charge in [-0.2, -0.15) is 0 Å². The van der Waals surface area contributed by atoms with Gasteiger partial charge in [0.1, 0.15) is 18.1 Å². The maximum absolute atomic E-state index is 12.6. The third-order valence-corrected chi connectivity index (χ3v) is 6.27. The number of benzene rings is 2. The fourth-order valence-corrected chi connectivity index (χ4v) is 3.60. The lowest BCUT2D eigenvalue weighted by molar-refractivity contribution is 0.0465. The SMILES string of the molecule is Cc1ccc(S(=O)(=O)N(C)C)cc1C(=O)OCc1nc(-c2ccccc2)oc1C. The van der Waals surface area contributed by atoms with Crippen LogP contribution in [0.15, 0.2) is 57.8 Å². The van der Waals surface area contributed by atoms with E-state index < -0.39 is 16.0 Å². The van der Waals surface area contributed by atoms with Crippen molar-refractivity contribution >= 4 is 16.0 Å². The molecule has 8 heteroatoms. The highest BCUT2D eigenvalue weighted by molar-refractivity contribution is 7.89. The largest absolute Gasteiger partial charge is 0.455 e. The van der Waals surface area contributed by atoms with E-state index in [2.05, 4.69) is 4.98 Å². The molecule has 0 bridgehead atoms. The van der Waals surface area contributed by atoms with E-state index in [1.54, 1.807) is 19.9 Å². The molecule has 0 spiro atoms. The Hall–Kier alpha value is -2.97. The molecule has 0 saturated heterocycles. The molecule has 0 aliphatic carbocycles. The van der Waals surface area contributed by atoms with Gasteiger partial charge in [0.25, 0.3) is 0 Å². The number of carbonyl (C=O) groups is 1. The summed E-state index contributed by atoms with van der Waals surface area (Å²) in [6.07, 6.45) is 0. The monoisotopic (exact) mass is 414 g/mol. The van der Waals surface area contributed by atoms with Gasteiger partial charge in [-0.25, -0.2) is 22.5 Å². The molecule has 0 unspecified atom stereocenters. The van der Waals surface area contributed by atoms with E-state index in [4.69, 9.17) is 9.15 Å². The molecule has 152 valence electrons. The van der Waals surface area contributed by atoms with Gasteiger partial charge in [0.15, 0.2) is 0 Å². The van der Waals surface area contributed by atoms with Crippen molar-refractivity contribution in [3.63, 3.8) is 0 Å². The van der Waals surface area contributed by atoms with Crippen LogP contribution in [-0.4, -0.2) is 37.8 Å². The first-order valence-corrected chi connectivity index (χ1v) is 10.4. The molecular formula is C21H22N2O5S. The van der Waals surface area contributed by atoms with E-state index in [9.17, 15) is 13.2 Å². The minimum atomic E-state index is -3.65. The molecule has 0 N–H and O–H groups in total. The Morgan fingerprint density at radius 1 is 1.10 bits per heavy atom. The van der Waals surface area contributed by atoms with Gasteiger partial charge in [-0.1, -0.05) is 24.3 Å². The average Bonchev–Trinajstić information content (AvgIpc) is 3.07. The maximum atomic E-state index is 12.6. The van der Waals surface area contributed by atoms with Crippen molar-refractivity contribution in [2.75, 3.05) is 14.1 Å². The first-order chi connectivity index (χ1) is 13.7. The number of carbonyl (C=O) groups excluding carboxylic acids is 1. The van der Waals surface area contributed by atoms with Crippen LogP contribution in [0.5, 0.6) is 0 Å². The predicted octanol–water partition coefficient (Wildman–Crippen LogP) is 3.57. The van der Waals surface area contributed by atoms with Crippen LogP contribution in [0.1, 0.15) is 27.4 Å². The minimum Gasteiger partial charge on any atom is -0.455 e. The average molecular weight is 414 g/mol. The quantitative estimate of drug-likeness (QED) is 0.573. The lowest BCUT2D eigenvalue weighted by Gasteiger charge is -2.13. The second kappa shape index (κ2) is 8.18. The molecule has 1 aromatic heterocycles. The van der Waals surface area contributed by atoms with E-state index in [1.807, 2.05) is 30.3 Å². The molecule has 3 rings (SSSR count). The number of aryl methyl sites for hydroxylation is 2. The van der Waals surface area contributed by atoms with Crippen LogP contribution in [0.4, 0.5) is 0 Å². The van der Waals surface area contributed by atoms with Crippen LogP contribution in [-0.2, 0) is 21.4 Å². The van der Waals surface area contributed by atoms with Gasteiger partial charge >= 0.3 is 5.97 Å². The Bertz CT molecular complexity index is 1140. The highest BCUT2D eigenvalue weighted by Crippen LogP contribution is 2.23. The van der Waals surface area contributed by atoms with Crippen molar-refractivity contribution in [3.05, 3.63) is 71.1 Å². The summed E-state index contributed by atoms with van der Waals surface area (Å²) in [5, 5.41) is 0. The van der Waals surface area contributed by atoms with Crippen LogP contribution in [0, 0.1) is 13.8 Å². The highest BCUT2D eigenvalue weighted by Gasteiger charge is 2.21. The summed E-state index contributed by atoms with van der Waals surface area (Å²) in [7, 11) is -0.782. The van der Waals surface area contributed by atoms with Crippen molar-refractivity contribution in [1.82, 2.24) is 9.29 Å². The van der Waals surface area contributed by atoms with E-state index in [0.29, 0.717) is 22.9 Å². The third-order valence-electron chi connectivity index (χ3n) is 4.46. The number of rotatable bonds is 6. The van der Waals surface area contributed by atoms with Crippen molar-refractivity contribution in [1.29, 1.82) is 0 Å². The number of hydrogen-bond acceptors (Lipinski definition) is 6. The number of esters is 1. The Kier molecular flexibility index (Phi) is 5.86. The Labute approximate surface area is 170 Å². The molecule has 0 radical (unpaired) electrons. The molecule has 0 saturated carbocycles. The van der Waals surface area contributed by atoms with Crippen LogP contribution in [0.2, 0.25) is 0 Å². The molecule has 0 fully saturated rings. The lowest BCUT2D eigenvalue weighted by Crippen LogP contribution is -2.22. The molecule has 0 atom stereocenters. The molecule has 1 heterocycles. The van der Waals surface area contributed by atoms with Crippen molar-refractivity contribution < 1.29 is 22.4 Å². The van der Waals surface area contributed by atoms with E-state index >= 15 is 0 Å². The molecule has 29 heavy (non-hydrogen) atoms. The van der Waals surface area contributed by atoms with Crippen LogP contribution >= 0.6 is 0 Å². The van der Waals surface area contributed by atoms with Gasteiger partial charge < -0.3 is 9.15 Å². The molecule has 3 aromatic rings. The van der Waals surface area contributed by atoms with Crippen molar-refractivity contribution in [2.24, 2.45) is 0 Å². The van der Waals surface area contributed by atoms with Crippen molar-refractivity contribution in [2.45, 2.75) is 25.3 Å². The lowest BCUT2D eigenvalue weighted by atomic mass is 10.1. The summed E-state index contributed by atoms with van der Waals surface area (Å²) >= 11 is 0. The topological polar surface area (TPSA) is 89.7 Å². The molecule has 0 aliphatic heterocycles. The van der Waals surface area contributed by atoms with Crippen LogP contribution in [0.3, 0.4) is 0 Å². The summed E-state index contributed by atoms with van der Waals surface area (Å²) in [6.45, 7) is 3.39. The van der Waals surface area contributed by atoms with E-state index in [1.165, 1.54) is 26.2 Å². The smallest absolute Gasteiger partial charge is 0.338 e. The van der Waals surface area contributed by atoms with Crippen LogP contribution < -0.4 is 0 Å². The summed E-state index contributed by atoms with van der Waals surface area (Å²) in [6, 6.07) is 13.8. The molecule has 0 amide bonds. The highest BCUT2D eigenvalue weighted by atomic mass is 32.2. The summed E-state index contributed by atoms with van der Waals surface area (Å²) in [4.78, 5) is 17.0. The zero-order valence-corrected chi connectivity index (χ0v) is 17.5. The first-order valence-electron chi connectivity index (χ1n) is 8.92. The normalized spacial score (nSPS) is 11.6. The number of sulfonamides is 1. The summed E-state index contributed by atoms with van der Waals surface area (Å²) < 4.78 is 36.8. The van der Waals surface area contributed by atoms with Gasteiger partial charge in [0.05, 0.1) is 10.5 Å². The molecule has 7 nitrogen and oxygen atoms in total. The predicted molar refractivity (Wildman–Crippen MR) is 108 cm³/mol. The van der Waals surface area contributed by atoms with Crippen LogP contribution in [0.25, 0.3) is 11.5 Å². The van der Waals surface area contributed by atoms with E-state index in [0.717, 1.165) is 9.87 Å². The Morgan fingerprint density at radius 2 is 1.79 bits per heavy atom. The van der Waals surface area contributed by atoms with Crippen molar-refractivity contribution in [3.8, 4) is 11.5 Å². The standard InChI is InChI=1S/C21H22N2O5S/c1-14-10-11-17(29(25,26)23(3)4)12-18(14)21(24)27-13-19-15(2)28-20(22-19)16-8-6-5-7-9-16/h5-12H,13H2,1-4H3. The number of nitrogens with zero attached hydrogens (tertiary/aromatic N) is 2. The van der Waals surface area contributed by atoms with Gasteiger partial charge in [0, 0.05) is 19.7 Å². The number of oxazole rings is 1. The Balaban J connectivity index is 1.79. The van der Waals surface area contributed by atoms with E-state index in [-0.39, 0.29) is 17.1 Å². The third kappa shape index (κ3) is 4.38. The van der Waals surface area contributed by atoms with Gasteiger partial charge in [0.2, 0.25) is 15.9 Å². The van der Waals surface area contributed by atoms with Gasteiger partial charge in [-0.05, 0) is 43.7 Å². The minimum absolute atomic E-state index is 0.0315. The fourth-order valence-electron chi connectivity index (χ4n) is 2.67. The summed E-state index contributed by atoms with van der Waals surface area (Å²) in [5.74, 6) is 0.378. The number of ether oxygens (including phenoxy) is 1. The van der Waals surface area contributed by atoms with Gasteiger partial charge in [-0.15, -0.1) is 0 Å². The second-order valence-electron chi connectivity index (χ2n) is 6.73. The number of hydrogen-bond donors (Lipinski definition) is 0.